The number of fused-ring (bicyclic) bond motifs is 8. The summed E-state index contributed by atoms with van der Waals surface area (Å²) in [6, 6.07) is 0. The van der Waals surface area contributed by atoms with Crippen LogP contribution in [0.4, 0.5) is 0 Å². The number of rotatable bonds is 16. The van der Waals surface area contributed by atoms with Crippen molar-refractivity contribution in [2.24, 2.45) is 23.7 Å². The molecule has 8 bridgehead atoms. The molecule has 352 valence electrons. The van der Waals surface area contributed by atoms with Crippen LogP contribution in [0.5, 0.6) is 23.0 Å². The van der Waals surface area contributed by atoms with Crippen molar-refractivity contribution in [3.8, 4) is 23.0 Å². The molecule has 1 aliphatic carbocycles. The largest absolute Gasteiger partial charge is 0.493 e. The molecule has 0 unspecified atom stereocenters. The zero-order valence-electron chi connectivity index (χ0n) is 44.4. The first-order valence-electron chi connectivity index (χ1n) is 25.2. The Morgan fingerprint density at radius 3 is 0.531 bits per heavy atom. The Bertz CT molecular complexity index is 1880. The second-order valence-corrected chi connectivity index (χ2v) is 20.6. The molecule has 0 N–H and O–H groups in total. The van der Waals surface area contributed by atoms with Gasteiger partial charge in [0, 0.05) is 0 Å². The van der Waals surface area contributed by atoms with E-state index in [-0.39, 0.29) is 0 Å². The van der Waals surface area contributed by atoms with Gasteiger partial charge in [-0.25, -0.2) is 0 Å². The van der Waals surface area contributed by atoms with Gasteiger partial charge in [-0.2, -0.15) is 0 Å². The van der Waals surface area contributed by atoms with Crippen LogP contribution in [0.25, 0.3) is 0 Å². The quantitative estimate of drug-likeness (QED) is 0.0990. The first-order chi connectivity index (χ1) is 30.2. The molecule has 64 heavy (non-hydrogen) atoms. The van der Waals surface area contributed by atoms with Crippen LogP contribution in [-0.4, -0.2) is 26.4 Å². The van der Waals surface area contributed by atoms with Crippen LogP contribution < -0.4 is 18.9 Å². The van der Waals surface area contributed by atoms with Crippen LogP contribution in [-0.2, 0) is 25.7 Å². The smallest absolute Gasteiger partial charge is 0.125 e. The van der Waals surface area contributed by atoms with Gasteiger partial charge >= 0.3 is 0 Å². The highest BCUT2D eigenvalue weighted by molar-refractivity contribution is 5.65. The van der Waals surface area contributed by atoms with Crippen LogP contribution in [0.1, 0.15) is 192 Å². The van der Waals surface area contributed by atoms with Crippen LogP contribution in [0.15, 0.2) is 0 Å². The second kappa shape index (κ2) is 21.6. The van der Waals surface area contributed by atoms with E-state index in [1.807, 2.05) is 0 Å². The van der Waals surface area contributed by atoms with Crippen LogP contribution in [0, 0.1) is 107 Å². The fraction of sp³-hybridized carbons (Fsp3) is 0.600. The van der Waals surface area contributed by atoms with E-state index in [1.165, 1.54) is 111 Å². The standard InChI is InChI=1S/C60H88O4/c1-21-33(5)29-61-57-41(13)49-25-51-38(10)53(45(17)58(43(51)15)62-30-34(6)22-2)27-55-40(12)56(48(20)60(47(55)19)64-32-36(8)24-4)28-54-39(11)52(26-50(37(49)9)42(57)14)44(16)59(46(54)18)63-31-35(7)23-3/h33-36H,21-32H2,1-20H3/t33-,34-,35-,36-/m0/s1. The van der Waals surface area contributed by atoms with Crippen molar-refractivity contribution in [1.82, 2.24) is 0 Å². The summed E-state index contributed by atoms with van der Waals surface area (Å²) in [5.41, 5.74) is 26.6. The fourth-order valence-electron chi connectivity index (χ4n) is 10.3. The fourth-order valence-corrected chi connectivity index (χ4v) is 10.3. The molecule has 4 atom stereocenters. The summed E-state index contributed by atoms with van der Waals surface area (Å²) in [5.74, 6) is 6.11. The summed E-state index contributed by atoms with van der Waals surface area (Å²) >= 11 is 0. The van der Waals surface area contributed by atoms with E-state index < -0.39 is 0 Å². The van der Waals surface area contributed by atoms with Crippen molar-refractivity contribution in [3.63, 3.8) is 0 Å². The number of ether oxygens (including phenoxy) is 4. The Hall–Kier alpha value is -3.92. The zero-order chi connectivity index (χ0) is 47.5. The van der Waals surface area contributed by atoms with Gasteiger partial charge in [-0.15, -0.1) is 0 Å². The highest BCUT2D eigenvalue weighted by Gasteiger charge is 2.29. The predicted molar refractivity (Wildman–Crippen MR) is 274 cm³/mol. The molecule has 0 fully saturated rings. The molecule has 0 heterocycles. The molecule has 0 spiro atoms. The molecule has 0 saturated heterocycles. The topological polar surface area (TPSA) is 36.9 Å². The van der Waals surface area contributed by atoms with Crippen molar-refractivity contribution in [1.29, 1.82) is 0 Å². The molecule has 4 aromatic rings. The third-order valence-corrected chi connectivity index (χ3v) is 16.2. The summed E-state index contributed by atoms with van der Waals surface area (Å²) in [6.07, 6.45) is 7.61. The molecule has 0 saturated carbocycles. The molecule has 0 aliphatic heterocycles. The molecule has 4 aromatic carbocycles. The predicted octanol–water partition coefficient (Wildman–Crippen LogP) is 15.8. The van der Waals surface area contributed by atoms with Crippen molar-refractivity contribution in [2.75, 3.05) is 26.4 Å². The Labute approximate surface area is 391 Å². The first-order valence-corrected chi connectivity index (χ1v) is 25.2. The molecule has 0 amide bonds. The molecule has 1 aliphatic rings. The minimum absolute atomic E-state index is 0.467. The maximum Gasteiger partial charge on any atom is 0.125 e. The lowest BCUT2D eigenvalue weighted by Gasteiger charge is -2.30. The number of benzene rings is 4. The Balaban J connectivity index is 1.97. The molecule has 0 radical (unpaired) electrons. The molecule has 0 aromatic heterocycles. The van der Waals surface area contributed by atoms with Gasteiger partial charge in [0.05, 0.1) is 26.4 Å². The molecule has 4 nitrogen and oxygen atoms in total. The van der Waals surface area contributed by atoms with Crippen molar-refractivity contribution >= 4 is 0 Å². The van der Waals surface area contributed by atoms with E-state index in [1.54, 1.807) is 0 Å². The Morgan fingerprint density at radius 2 is 0.406 bits per heavy atom. The van der Waals surface area contributed by atoms with Crippen LogP contribution in [0.3, 0.4) is 0 Å². The van der Waals surface area contributed by atoms with E-state index in [0.29, 0.717) is 50.1 Å². The maximum atomic E-state index is 6.97. The lowest BCUT2D eigenvalue weighted by molar-refractivity contribution is 0.252. The van der Waals surface area contributed by atoms with E-state index in [4.69, 9.17) is 18.9 Å². The monoisotopic (exact) mass is 873 g/mol. The van der Waals surface area contributed by atoms with Gasteiger partial charge in [0.1, 0.15) is 23.0 Å². The number of hydrogen-bond donors (Lipinski definition) is 0. The normalized spacial score (nSPS) is 14.6. The summed E-state index contributed by atoms with van der Waals surface area (Å²) in [6.45, 7) is 49.1. The second-order valence-electron chi connectivity index (χ2n) is 20.6. The van der Waals surface area contributed by atoms with Gasteiger partial charge in [0.15, 0.2) is 0 Å². The van der Waals surface area contributed by atoms with E-state index in [0.717, 1.165) is 74.4 Å². The Kier molecular flexibility index (Phi) is 17.2. The first kappa shape index (κ1) is 51.1. The average Bonchev–Trinajstić information content (AvgIpc) is 3.26. The van der Waals surface area contributed by atoms with E-state index in [2.05, 4.69) is 138 Å². The van der Waals surface area contributed by atoms with Gasteiger partial charge in [0.25, 0.3) is 0 Å². The average molecular weight is 873 g/mol. The number of hydrogen-bond acceptors (Lipinski definition) is 4. The van der Waals surface area contributed by atoms with Crippen molar-refractivity contribution in [2.45, 2.75) is 190 Å². The lowest BCUT2D eigenvalue weighted by atomic mass is 9.78. The summed E-state index contributed by atoms with van der Waals surface area (Å²) in [7, 11) is 0. The van der Waals surface area contributed by atoms with Crippen molar-refractivity contribution in [3.05, 3.63) is 111 Å². The Morgan fingerprint density at radius 1 is 0.266 bits per heavy atom. The molecule has 4 heteroatoms. The van der Waals surface area contributed by atoms with Gasteiger partial charge in [0.2, 0.25) is 0 Å². The van der Waals surface area contributed by atoms with E-state index >= 15 is 0 Å². The zero-order valence-corrected chi connectivity index (χ0v) is 44.4. The van der Waals surface area contributed by atoms with Gasteiger partial charge < -0.3 is 18.9 Å². The van der Waals surface area contributed by atoms with Gasteiger partial charge in [-0.3, -0.25) is 0 Å². The highest BCUT2D eigenvalue weighted by Crippen LogP contribution is 2.45. The minimum Gasteiger partial charge on any atom is -0.493 e. The molecular weight excluding hydrogens is 785 g/mol. The lowest BCUT2D eigenvalue weighted by Crippen LogP contribution is -2.17. The van der Waals surface area contributed by atoms with Crippen LogP contribution >= 0.6 is 0 Å². The van der Waals surface area contributed by atoms with Gasteiger partial charge in [-0.05, 0) is 244 Å². The highest BCUT2D eigenvalue weighted by atomic mass is 16.5. The molecular formula is C60H88O4. The SMILES string of the molecule is CC[C@H](C)COc1c(C)c2c(C)c(c1C)Cc1c(C)c(c(C)c(OC[C@@H](C)CC)c1C)Cc1c(C)c(c(C)c(OC[C@@H](C)CC)c1C)Cc1c(C)c(c(C)c(OC[C@@H](C)CC)c1C)C2. The molecule has 5 rings (SSSR count). The summed E-state index contributed by atoms with van der Waals surface area (Å²) < 4.78 is 27.9. The van der Waals surface area contributed by atoms with Gasteiger partial charge in [-0.1, -0.05) is 81.1 Å². The minimum atomic E-state index is 0.467. The third-order valence-electron chi connectivity index (χ3n) is 16.2. The van der Waals surface area contributed by atoms with Crippen molar-refractivity contribution < 1.29 is 18.9 Å². The van der Waals surface area contributed by atoms with E-state index in [9.17, 15) is 0 Å². The summed E-state index contributed by atoms with van der Waals surface area (Å²) in [5, 5.41) is 0. The summed E-state index contributed by atoms with van der Waals surface area (Å²) in [4.78, 5) is 0. The maximum absolute atomic E-state index is 6.97. The van der Waals surface area contributed by atoms with Crippen LogP contribution in [0.2, 0.25) is 0 Å². The third kappa shape index (κ3) is 10.2.